The van der Waals surface area contributed by atoms with Gasteiger partial charge in [0.25, 0.3) is 0 Å². The summed E-state index contributed by atoms with van der Waals surface area (Å²) in [5.41, 5.74) is 0. The van der Waals surface area contributed by atoms with Crippen molar-refractivity contribution in [1.82, 2.24) is 0 Å². The third-order valence-corrected chi connectivity index (χ3v) is 1.55. The van der Waals surface area contributed by atoms with E-state index in [1.165, 1.54) is 12.8 Å². The predicted octanol–water partition coefficient (Wildman–Crippen LogP) is 4.46. The number of halogens is 3. The minimum atomic E-state index is -0.278. The van der Waals surface area contributed by atoms with Gasteiger partial charge in [-0.25, -0.2) is 0 Å². The molecule has 0 aromatic heterocycles. The molecule has 0 aliphatic heterocycles. The number of hydrogen-bond donors (Lipinski definition) is 1. The van der Waals surface area contributed by atoms with E-state index in [-0.39, 0.29) is 4.92 Å². The van der Waals surface area contributed by atoms with Gasteiger partial charge in [-0.3, -0.25) is 0 Å². The van der Waals surface area contributed by atoms with E-state index in [2.05, 4.69) is 73.8 Å². The summed E-state index contributed by atoms with van der Waals surface area (Å²) in [7, 11) is 0. The first-order valence-corrected chi connectivity index (χ1v) is 17.4. The van der Waals surface area contributed by atoms with Gasteiger partial charge < -0.3 is 5.11 Å². The van der Waals surface area contributed by atoms with Crippen LogP contribution in [0.25, 0.3) is 0 Å². The number of aliphatic hydroxyl groups is 1. The SMILES string of the molecule is CCC(C)CCCO.[I][V]([I])[I]. The molecule has 0 saturated carbocycles. The fourth-order valence-electron chi connectivity index (χ4n) is 0.644. The summed E-state index contributed by atoms with van der Waals surface area (Å²) in [5, 5.41) is 8.41. The molecule has 0 aromatic rings. The average molecular weight is 548 g/mol. The van der Waals surface area contributed by atoms with E-state index in [1.807, 2.05) is 0 Å². The molecule has 76 valence electrons. The van der Waals surface area contributed by atoms with E-state index in [9.17, 15) is 0 Å². The quantitative estimate of drug-likeness (QED) is 0.516. The Balaban J connectivity index is 0. The van der Waals surface area contributed by atoms with Gasteiger partial charge in [-0.1, -0.05) is 20.3 Å². The Bertz CT molecular complexity index is 80.3. The Morgan fingerprint density at radius 1 is 1.33 bits per heavy atom. The molecule has 0 fully saturated rings. The molecule has 5 heteroatoms. The summed E-state index contributed by atoms with van der Waals surface area (Å²) in [6.45, 7) is 4.75. The summed E-state index contributed by atoms with van der Waals surface area (Å²) in [4.78, 5) is -0.278. The molecule has 0 spiro atoms. The molecule has 0 radical (unpaired) electrons. The molecule has 0 amide bonds. The Kier molecular flexibility index (Phi) is 19.6. The summed E-state index contributed by atoms with van der Waals surface area (Å²) >= 11 is 7.39. The van der Waals surface area contributed by atoms with Crippen molar-refractivity contribution in [3.8, 4) is 0 Å². The van der Waals surface area contributed by atoms with Crippen LogP contribution in [-0.4, -0.2) is 11.7 Å². The van der Waals surface area contributed by atoms with Crippen LogP contribution >= 0.6 is 59.9 Å². The monoisotopic (exact) mass is 548 g/mol. The fraction of sp³-hybridized carbons (Fsp3) is 1.00. The summed E-state index contributed by atoms with van der Waals surface area (Å²) < 4.78 is 0. The third kappa shape index (κ3) is 23.0. The molecule has 0 aliphatic carbocycles. The normalized spacial score (nSPS) is 12.2. The summed E-state index contributed by atoms with van der Waals surface area (Å²) in [6.07, 6.45) is 3.38. The van der Waals surface area contributed by atoms with Crippen molar-refractivity contribution in [2.75, 3.05) is 6.61 Å². The molecular formula is C7H16I3OV. The van der Waals surface area contributed by atoms with E-state index >= 15 is 0 Å². The van der Waals surface area contributed by atoms with Crippen LogP contribution in [0.5, 0.6) is 0 Å². The van der Waals surface area contributed by atoms with Crippen LogP contribution in [-0.2, 0) is 4.92 Å². The van der Waals surface area contributed by atoms with Gasteiger partial charge in [0, 0.05) is 6.61 Å². The molecule has 0 bridgehead atoms. The number of aliphatic hydroxyl groups excluding tert-OH is 1. The van der Waals surface area contributed by atoms with Crippen LogP contribution in [0.15, 0.2) is 0 Å². The molecule has 1 N–H and O–H groups in total. The van der Waals surface area contributed by atoms with Gasteiger partial charge in [-0.15, -0.1) is 0 Å². The molecule has 0 aromatic carbocycles. The van der Waals surface area contributed by atoms with E-state index in [0.717, 1.165) is 12.3 Å². The van der Waals surface area contributed by atoms with Crippen LogP contribution in [0.2, 0.25) is 0 Å². The van der Waals surface area contributed by atoms with Crippen molar-refractivity contribution < 1.29 is 10.0 Å². The van der Waals surface area contributed by atoms with Crippen molar-refractivity contribution >= 4 is 59.9 Å². The van der Waals surface area contributed by atoms with Crippen molar-refractivity contribution in [3.05, 3.63) is 0 Å². The van der Waals surface area contributed by atoms with Gasteiger partial charge in [0.15, 0.2) is 0 Å². The average Bonchev–Trinajstić information content (AvgIpc) is 1.99. The second-order valence-corrected chi connectivity index (χ2v) is 37.9. The molecule has 0 aliphatic rings. The maximum atomic E-state index is 8.41. The first kappa shape index (κ1) is 17.1. The van der Waals surface area contributed by atoms with E-state index in [1.54, 1.807) is 0 Å². The Labute approximate surface area is 114 Å². The Morgan fingerprint density at radius 3 is 2.00 bits per heavy atom. The minimum absolute atomic E-state index is 0.278. The number of hydrogen-bond acceptors (Lipinski definition) is 1. The maximum absolute atomic E-state index is 8.41. The first-order chi connectivity index (χ1) is 5.54. The second kappa shape index (κ2) is 13.7. The van der Waals surface area contributed by atoms with Crippen LogP contribution in [0, 0.1) is 5.92 Å². The van der Waals surface area contributed by atoms with E-state index in [4.69, 9.17) is 5.11 Å². The van der Waals surface area contributed by atoms with Gasteiger partial charge in [0.05, 0.1) is 0 Å². The summed E-state index contributed by atoms with van der Waals surface area (Å²) in [6, 6.07) is 0. The number of rotatable bonds is 4. The fourth-order valence-corrected chi connectivity index (χ4v) is 0.644. The van der Waals surface area contributed by atoms with Crippen LogP contribution in [0.4, 0.5) is 0 Å². The van der Waals surface area contributed by atoms with Gasteiger partial charge >= 0.3 is 64.9 Å². The van der Waals surface area contributed by atoms with Gasteiger partial charge in [0.1, 0.15) is 0 Å². The molecule has 1 unspecified atom stereocenters. The summed E-state index contributed by atoms with van der Waals surface area (Å²) in [5.74, 6) is 0.794. The molecular weight excluding hydrogens is 532 g/mol. The zero-order chi connectivity index (χ0) is 9.98. The molecule has 1 nitrogen and oxygen atoms in total. The van der Waals surface area contributed by atoms with Gasteiger partial charge in [-0.2, -0.15) is 0 Å². The topological polar surface area (TPSA) is 20.2 Å². The Hall–Kier alpha value is 2.73. The molecule has 0 rings (SSSR count). The molecule has 12 heavy (non-hydrogen) atoms. The first-order valence-electron chi connectivity index (χ1n) is 3.92. The van der Waals surface area contributed by atoms with Crippen molar-refractivity contribution in [1.29, 1.82) is 0 Å². The van der Waals surface area contributed by atoms with Crippen molar-refractivity contribution in [2.24, 2.45) is 5.92 Å². The van der Waals surface area contributed by atoms with Gasteiger partial charge in [0.2, 0.25) is 0 Å². The molecule has 1 atom stereocenters. The van der Waals surface area contributed by atoms with Crippen molar-refractivity contribution in [3.63, 3.8) is 0 Å². The van der Waals surface area contributed by atoms with Crippen LogP contribution < -0.4 is 0 Å². The zero-order valence-corrected chi connectivity index (χ0v) is 15.3. The molecule has 0 heterocycles. The predicted molar refractivity (Wildman–Crippen MR) is 77.8 cm³/mol. The van der Waals surface area contributed by atoms with E-state index < -0.39 is 0 Å². The second-order valence-electron chi connectivity index (χ2n) is 2.57. The van der Waals surface area contributed by atoms with Crippen molar-refractivity contribution in [2.45, 2.75) is 33.1 Å². The van der Waals surface area contributed by atoms with Gasteiger partial charge in [-0.05, 0) is 18.8 Å². The Morgan fingerprint density at radius 2 is 1.75 bits per heavy atom. The third-order valence-electron chi connectivity index (χ3n) is 1.55. The molecule has 0 saturated heterocycles. The standard InChI is InChI=1S/C7H16O.3HI.V/c1-3-7(2)5-4-6-8;;;;/h7-8H,3-6H2,1-2H3;3*1H;/q;;;;+3/p-3. The van der Waals surface area contributed by atoms with Crippen LogP contribution in [0.3, 0.4) is 0 Å². The zero-order valence-electron chi connectivity index (χ0n) is 7.43. The van der Waals surface area contributed by atoms with Crippen LogP contribution in [0.1, 0.15) is 33.1 Å². The van der Waals surface area contributed by atoms with E-state index in [0.29, 0.717) is 6.61 Å².